The van der Waals surface area contributed by atoms with Crippen LogP contribution in [-0.2, 0) is 4.74 Å². The molecule has 1 aromatic carbocycles. The minimum absolute atomic E-state index is 0.107. The van der Waals surface area contributed by atoms with Crippen molar-refractivity contribution < 1.29 is 9.53 Å². The van der Waals surface area contributed by atoms with E-state index in [1.54, 1.807) is 12.1 Å². The van der Waals surface area contributed by atoms with E-state index in [1.807, 2.05) is 32.0 Å². The average molecular weight is 263 g/mol. The molecule has 0 bridgehead atoms. The highest BCUT2D eigenvalue weighted by atomic mass is 16.5. The maximum atomic E-state index is 12.4. The molecule has 5 heteroatoms. The number of nitrogens with zero attached hydrogens (tertiary/aromatic N) is 1. The number of hydrogen-bond donors (Lipinski definition) is 2. The Morgan fingerprint density at radius 3 is 2.79 bits per heavy atom. The van der Waals surface area contributed by atoms with E-state index in [1.165, 1.54) is 0 Å². The molecule has 3 N–H and O–H groups in total. The van der Waals surface area contributed by atoms with E-state index in [2.05, 4.69) is 5.32 Å². The molecule has 19 heavy (non-hydrogen) atoms. The highest BCUT2D eigenvalue weighted by Crippen LogP contribution is 2.24. The van der Waals surface area contributed by atoms with Gasteiger partial charge in [-0.2, -0.15) is 0 Å². The Morgan fingerprint density at radius 2 is 2.21 bits per heavy atom. The molecule has 1 aromatic rings. The first-order valence-electron chi connectivity index (χ1n) is 6.38. The fraction of sp³-hybridized carbons (Fsp3) is 0.500. The number of nitrogens with one attached hydrogen (secondary N) is 1. The molecule has 1 saturated heterocycles. The van der Waals surface area contributed by atoms with Gasteiger partial charge in [-0.05, 0) is 31.5 Å². The van der Waals surface area contributed by atoms with Gasteiger partial charge < -0.3 is 20.7 Å². The number of nitrogen functional groups attached to an aromatic ring is 1. The van der Waals surface area contributed by atoms with Crippen LogP contribution in [0.4, 0.5) is 11.4 Å². The molecule has 1 atom stereocenters. The molecule has 0 radical (unpaired) electrons. The normalized spacial score (nSPS) is 22.3. The molecular weight excluding hydrogens is 242 g/mol. The van der Waals surface area contributed by atoms with Crippen LogP contribution in [0.3, 0.4) is 0 Å². The molecule has 1 unspecified atom stereocenters. The van der Waals surface area contributed by atoms with Crippen LogP contribution in [0.1, 0.15) is 23.7 Å². The summed E-state index contributed by atoms with van der Waals surface area (Å²) in [6.07, 6.45) is 0.832. The van der Waals surface area contributed by atoms with E-state index in [-0.39, 0.29) is 11.4 Å². The lowest BCUT2D eigenvalue weighted by Crippen LogP contribution is -2.46. The minimum Gasteiger partial charge on any atom is -0.399 e. The van der Waals surface area contributed by atoms with Gasteiger partial charge in [-0.25, -0.2) is 0 Å². The Labute approximate surface area is 113 Å². The summed E-state index contributed by atoms with van der Waals surface area (Å²) in [5.41, 5.74) is 7.53. The SMILES string of the molecule is CN(C)c1ccc(N)cc1C(=O)NC1(C)CCOC1. The summed E-state index contributed by atoms with van der Waals surface area (Å²) in [5.74, 6) is -0.107. The van der Waals surface area contributed by atoms with Crippen LogP contribution in [0.5, 0.6) is 0 Å². The van der Waals surface area contributed by atoms with Crippen LogP contribution < -0.4 is 16.0 Å². The zero-order valence-electron chi connectivity index (χ0n) is 11.7. The standard InChI is InChI=1S/C14H21N3O2/c1-14(6-7-19-9-14)16-13(18)11-8-10(15)4-5-12(11)17(2)3/h4-5,8H,6-7,9,15H2,1-3H3,(H,16,18). The highest BCUT2D eigenvalue weighted by Gasteiger charge is 2.32. The third-order valence-electron chi connectivity index (χ3n) is 3.38. The molecule has 1 amide bonds. The van der Waals surface area contributed by atoms with Crippen molar-refractivity contribution in [2.45, 2.75) is 18.9 Å². The Balaban J connectivity index is 2.25. The maximum Gasteiger partial charge on any atom is 0.253 e. The number of ether oxygens (including phenoxy) is 1. The molecule has 104 valence electrons. The average Bonchev–Trinajstić information content (AvgIpc) is 2.75. The van der Waals surface area contributed by atoms with E-state index < -0.39 is 0 Å². The minimum atomic E-state index is -0.286. The van der Waals surface area contributed by atoms with Crippen molar-refractivity contribution >= 4 is 17.3 Å². The van der Waals surface area contributed by atoms with E-state index in [9.17, 15) is 4.79 Å². The molecule has 0 aliphatic carbocycles. The van der Waals surface area contributed by atoms with Gasteiger partial charge in [0.05, 0.1) is 17.7 Å². The quantitative estimate of drug-likeness (QED) is 0.805. The molecule has 1 heterocycles. The number of hydrogen-bond acceptors (Lipinski definition) is 4. The van der Waals surface area contributed by atoms with Crippen molar-refractivity contribution in [1.29, 1.82) is 0 Å². The smallest absolute Gasteiger partial charge is 0.253 e. The molecule has 1 aliphatic rings. The number of rotatable bonds is 3. The van der Waals surface area contributed by atoms with Crippen molar-refractivity contribution in [2.24, 2.45) is 0 Å². The lowest BCUT2D eigenvalue weighted by atomic mass is 10.0. The second-order valence-corrected chi connectivity index (χ2v) is 5.49. The molecule has 1 fully saturated rings. The Morgan fingerprint density at radius 1 is 1.47 bits per heavy atom. The maximum absolute atomic E-state index is 12.4. The zero-order chi connectivity index (χ0) is 14.0. The summed E-state index contributed by atoms with van der Waals surface area (Å²) in [7, 11) is 3.81. The van der Waals surface area contributed by atoms with Crippen molar-refractivity contribution in [3.8, 4) is 0 Å². The van der Waals surface area contributed by atoms with Gasteiger partial charge >= 0.3 is 0 Å². The summed E-state index contributed by atoms with van der Waals surface area (Å²) in [6, 6.07) is 5.37. The van der Waals surface area contributed by atoms with Crippen molar-refractivity contribution in [3.63, 3.8) is 0 Å². The first-order valence-corrected chi connectivity index (χ1v) is 6.38. The van der Waals surface area contributed by atoms with Gasteiger partial charge in [0.1, 0.15) is 0 Å². The van der Waals surface area contributed by atoms with Crippen molar-refractivity contribution in [2.75, 3.05) is 37.9 Å². The van der Waals surface area contributed by atoms with Crippen LogP contribution >= 0.6 is 0 Å². The van der Waals surface area contributed by atoms with Gasteiger partial charge in [0, 0.05) is 32.1 Å². The fourth-order valence-corrected chi connectivity index (χ4v) is 2.23. The van der Waals surface area contributed by atoms with Crippen molar-refractivity contribution in [1.82, 2.24) is 5.32 Å². The number of nitrogens with two attached hydrogens (primary N) is 1. The van der Waals surface area contributed by atoms with Gasteiger partial charge in [0.25, 0.3) is 5.91 Å². The Bertz CT molecular complexity index is 480. The van der Waals surface area contributed by atoms with E-state index in [0.717, 1.165) is 12.1 Å². The lowest BCUT2D eigenvalue weighted by molar-refractivity contribution is 0.0890. The number of benzene rings is 1. The Hall–Kier alpha value is -1.75. The summed E-state index contributed by atoms with van der Waals surface area (Å²) >= 11 is 0. The number of amides is 1. The summed E-state index contributed by atoms with van der Waals surface area (Å²) < 4.78 is 5.35. The van der Waals surface area contributed by atoms with Crippen LogP contribution in [-0.4, -0.2) is 38.8 Å². The van der Waals surface area contributed by atoms with E-state index in [4.69, 9.17) is 10.5 Å². The zero-order valence-corrected chi connectivity index (χ0v) is 11.7. The second-order valence-electron chi connectivity index (χ2n) is 5.49. The van der Waals surface area contributed by atoms with Gasteiger partial charge in [-0.15, -0.1) is 0 Å². The molecule has 0 spiro atoms. The third-order valence-corrected chi connectivity index (χ3v) is 3.38. The second kappa shape index (κ2) is 5.09. The molecule has 5 nitrogen and oxygen atoms in total. The highest BCUT2D eigenvalue weighted by molar-refractivity contribution is 6.01. The van der Waals surface area contributed by atoms with Gasteiger partial charge in [0.2, 0.25) is 0 Å². The lowest BCUT2D eigenvalue weighted by Gasteiger charge is -2.25. The first kappa shape index (κ1) is 13.7. The number of carbonyl (C=O) groups excluding carboxylic acids is 1. The topological polar surface area (TPSA) is 67.6 Å². The summed E-state index contributed by atoms with van der Waals surface area (Å²) in [5, 5.41) is 3.05. The number of anilines is 2. The fourth-order valence-electron chi connectivity index (χ4n) is 2.23. The molecular formula is C14H21N3O2. The van der Waals surface area contributed by atoms with Crippen LogP contribution in [0.25, 0.3) is 0 Å². The van der Waals surface area contributed by atoms with E-state index in [0.29, 0.717) is 24.5 Å². The Kier molecular flexibility index (Phi) is 3.66. The molecule has 0 saturated carbocycles. The summed E-state index contributed by atoms with van der Waals surface area (Å²) in [4.78, 5) is 14.3. The molecule has 0 aromatic heterocycles. The van der Waals surface area contributed by atoms with Crippen LogP contribution in [0, 0.1) is 0 Å². The predicted molar refractivity (Wildman–Crippen MR) is 76.5 cm³/mol. The van der Waals surface area contributed by atoms with Gasteiger partial charge in [-0.1, -0.05) is 0 Å². The van der Waals surface area contributed by atoms with Crippen LogP contribution in [0.2, 0.25) is 0 Å². The predicted octanol–water partition coefficient (Wildman–Crippen LogP) is 1.24. The van der Waals surface area contributed by atoms with Crippen LogP contribution in [0.15, 0.2) is 18.2 Å². The molecule has 2 rings (SSSR count). The molecule has 1 aliphatic heterocycles. The largest absolute Gasteiger partial charge is 0.399 e. The third kappa shape index (κ3) is 2.98. The van der Waals surface area contributed by atoms with Gasteiger partial charge in [-0.3, -0.25) is 4.79 Å². The monoisotopic (exact) mass is 263 g/mol. The van der Waals surface area contributed by atoms with Gasteiger partial charge in [0.15, 0.2) is 0 Å². The first-order chi connectivity index (χ1) is 8.91. The number of carbonyl (C=O) groups is 1. The van der Waals surface area contributed by atoms with E-state index >= 15 is 0 Å². The summed E-state index contributed by atoms with van der Waals surface area (Å²) in [6.45, 7) is 3.24. The van der Waals surface area contributed by atoms with Crippen molar-refractivity contribution in [3.05, 3.63) is 23.8 Å².